The number of carbonyl (C=O) groups is 2. The van der Waals surface area contributed by atoms with Gasteiger partial charge in [-0.15, -0.1) is 0 Å². The Labute approximate surface area is 394 Å². The third-order valence-corrected chi connectivity index (χ3v) is 16.0. The molecule has 4 aliphatic rings. The summed E-state index contributed by atoms with van der Waals surface area (Å²) < 4.78 is 47.2. The molecule has 0 aromatic carbocycles. The summed E-state index contributed by atoms with van der Waals surface area (Å²) in [6, 6.07) is 11.7. The minimum atomic E-state index is -2.52. The number of ether oxygens (including phenoxy) is 2. The van der Waals surface area contributed by atoms with Crippen LogP contribution in [0.2, 0.25) is 0 Å². The topological polar surface area (TPSA) is 242 Å². The van der Waals surface area contributed by atoms with Crippen LogP contribution in [0.15, 0.2) is 69.9 Å². The van der Waals surface area contributed by atoms with E-state index in [1.54, 1.807) is 17.3 Å². The summed E-state index contributed by atoms with van der Waals surface area (Å²) in [4.78, 5) is 61.1. The number of hydrogen-bond acceptors (Lipinski definition) is 17. The van der Waals surface area contributed by atoms with Crippen molar-refractivity contribution in [1.29, 1.82) is 0 Å². The molecule has 356 valence electrons. The number of morpholine rings is 2. The predicted molar refractivity (Wildman–Crippen MR) is 261 cm³/mol. The Balaban J connectivity index is 0.000000169. The van der Waals surface area contributed by atoms with Crippen molar-refractivity contribution < 1.29 is 27.5 Å². The van der Waals surface area contributed by atoms with Crippen molar-refractivity contribution in [3.05, 3.63) is 61.2 Å². The Kier molecular flexibility index (Phi) is 15.1. The summed E-state index contributed by atoms with van der Waals surface area (Å²) >= 11 is 4.64. The Morgan fingerprint density at radius 3 is 1.57 bits per heavy atom. The van der Waals surface area contributed by atoms with Crippen LogP contribution in [0.1, 0.15) is 27.7 Å². The van der Waals surface area contributed by atoms with E-state index in [1.807, 2.05) is 48.8 Å². The van der Waals surface area contributed by atoms with Gasteiger partial charge in [0.15, 0.2) is 23.3 Å². The van der Waals surface area contributed by atoms with E-state index in [2.05, 4.69) is 69.2 Å². The van der Waals surface area contributed by atoms with Crippen molar-refractivity contribution in [2.24, 2.45) is 8.73 Å². The average Bonchev–Trinajstić information content (AvgIpc) is 4.00. The molecule has 10 rings (SSSR count). The quantitative estimate of drug-likeness (QED) is 0.188. The van der Waals surface area contributed by atoms with E-state index in [9.17, 15) is 18.0 Å². The molecule has 0 bridgehead atoms. The molecule has 3 N–H and O–H groups in total. The molecule has 0 aliphatic carbocycles. The number of pyridine rings is 2. The summed E-state index contributed by atoms with van der Waals surface area (Å²) in [5.74, 6) is 5.22. The van der Waals surface area contributed by atoms with Gasteiger partial charge in [0, 0.05) is 135 Å². The number of aromatic amines is 2. The number of halogens is 1. The lowest BCUT2D eigenvalue weighted by molar-refractivity contribution is -0.128. The number of amides is 1. The van der Waals surface area contributed by atoms with Crippen LogP contribution in [0.4, 0.5) is 23.3 Å². The van der Waals surface area contributed by atoms with E-state index in [1.165, 1.54) is 13.8 Å². The lowest BCUT2D eigenvalue weighted by Crippen LogP contribution is -2.44. The second-order valence-corrected chi connectivity index (χ2v) is 22.1. The van der Waals surface area contributed by atoms with Gasteiger partial charge in [0.1, 0.15) is 22.9 Å². The van der Waals surface area contributed by atoms with Crippen LogP contribution >= 0.6 is 11.6 Å². The van der Waals surface area contributed by atoms with Gasteiger partial charge in [-0.1, -0.05) is 0 Å². The molecule has 4 aliphatic heterocycles. The van der Waals surface area contributed by atoms with Crippen molar-refractivity contribution in [3.8, 4) is 22.8 Å². The summed E-state index contributed by atoms with van der Waals surface area (Å²) in [7, 11) is -4.85. The monoisotopic (exact) mass is 974 g/mol. The number of carbonyl (C=O) groups excluding carboxylic acids is 2. The van der Waals surface area contributed by atoms with E-state index in [4.69, 9.17) is 29.4 Å². The number of aromatic nitrogens is 8. The lowest BCUT2D eigenvalue weighted by atomic mass is 10.1. The second kappa shape index (κ2) is 21.1. The molecule has 4 saturated heterocycles. The van der Waals surface area contributed by atoms with Crippen molar-refractivity contribution in [2.45, 2.75) is 39.8 Å². The molecule has 0 saturated carbocycles. The predicted octanol–water partition coefficient (Wildman–Crippen LogP) is 4.93. The lowest BCUT2D eigenvalue weighted by Gasteiger charge is -2.34. The highest BCUT2D eigenvalue weighted by Crippen LogP contribution is 2.32. The first-order valence-corrected chi connectivity index (χ1v) is 26.2. The molecular weight excluding hydrogens is 920 g/mol. The van der Waals surface area contributed by atoms with Crippen LogP contribution in [0.3, 0.4) is 0 Å². The van der Waals surface area contributed by atoms with Crippen molar-refractivity contribution in [2.75, 3.05) is 98.5 Å². The van der Waals surface area contributed by atoms with Crippen molar-refractivity contribution in [3.63, 3.8) is 0 Å². The van der Waals surface area contributed by atoms with E-state index in [-0.39, 0.29) is 23.2 Å². The molecule has 6 aromatic heterocycles. The summed E-state index contributed by atoms with van der Waals surface area (Å²) in [6.07, 6.45) is 7.15. The molecule has 0 spiro atoms. The average molecular weight is 976 g/mol. The van der Waals surface area contributed by atoms with Gasteiger partial charge in [-0.3, -0.25) is 9.59 Å². The minimum absolute atomic E-state index is 0.00225. The number of nitrogens with one attached hydrogen (secondary N) is 3. The fourth-order valence-electron chi connectivity index (χ4n) is 8.17. The van der Waals surface area contributed by atoms with Gasteiger partial charge in [-0.25, -0.2) is 38.3 Å². The van der Waals surface area contributed by atoms with Gasteiger partial charge in [0.25, 0.3) is 0 Å². The zero-order valence-electron chi connectivity index (χ0n) is 37.9. The second-order valence-electron chi connectivity index (χ2n) is 16.5. The van der Waals surface area contributed by atoms with E-state index in [0.29, 0.717) is 105 Å². The number of H-pyrrole nitrogens is 2. The Bertz CT molecular complexity index is 2970. The third kappa shape index (κ3) is 11.7. The van der Waals surface area contributed by atoms with Crippen LogP contribution in [-0.4, -0.2) is 165 Å². The molecule has 23 heteroatoms. The first-order valence-electron chi connectivity index (χ1n) is 22.2. The SMILES string of the molecule is CC(=O)Cl.CC(=O)N1CCS(=O)(=Nc2cc(N3CCOC[C@H]3C)nc(-c3ccnc4[nH]ccc34)n2)CC1.C[C@@H]1COCCN1c1cc(N=S2(=O)CCNCC2)nc(-c2ccnc3[nH]ccc23)n1. The largest absolute Gasteiger partial charge is 0.377 e. The van der Waals surface area contributed by atoms with Crippen LogP contribution in [-0.2, 0) is 38.5 Å². The van der Waals surface area contributed by atoms with E-state index >= 15 is 0 Å². The maximum atomic E-state index is 13.5. The molecule has 0 radical (unpaired) electrons. The van der Waals surface area contributed by atoms with Crippen LogP contribution < -0.4 is 15.1 Å². The Morgan fingerprint density at radius 2 is 1.13 bits per heavy atom. The van der Waals surface area contributed by atoms with E-state index < -0.39 is 19.5 Å². The number of rotatable bonds is 6. The fraction of sp³-hybridized carbons (Fsp3) is 0.455. The Morgan fingerprint density at radius 1 is 0.687 bits per heavy atom. The number of nitrogens with zero attached hydrogens (tertiary/aromatic N) is 11. The first-order chi connectivity index (χ1) is 32.3. The summed E-state index contributed by atoms with van der Waals surface area (Å²) in [6.45, 7) is 13.3. The molecule has 67 heavy (non-hydrogen) atoms. The van der Waals surface area contributed by atoms with Gasteiger partial charge in [-0.2, -0.15) is 8.73 Å². The number of fused-ring (bicyclic) bond motifs is 2. The minimum Gasteiger partial charge on any atom is -0.377 e. The molecule has 10 heterocycles. The standard InChI is InChI=1S/C22H27N7O3S.C20H25N7O2S.C2H3ClO/c1-15-14-32-10-7-29(15)20-13-19(27-33(31)11-8-28(9-12-33)16(2)30)25-22(26-20)18-4-6-24-21-17(18)3-5-23-21;1-14-13-29-9-8-27(14)18-12-17(26-30(28)10-6-21-7-11-30)24-20(25-18)16-3-5-23-19-15(16)2-4-22-19;1-2(3)4/h3-6,13,15H,7-12,14H2,1-2H3,(H,23,24);2-5,12,14,21H,6-11,13H2,1H3,(H,22,23);1H3/t15-;14-;/m11./s1. The first kappa shape index (κ1) is 47.8. The fourth-order valence-corrected chi connectivity index (χ4v) is 11.7. The van der Waals surface area contributed by atoms with Crippen LogP contribution in [0.25, 0.3) is 44.8 Å². The van der Waals surface area contributed by atoms with E-state index in [0.717, 1.165) is 51.4 Å². The van der Waals surface area contributed by atoms with Crippen LogP contribution in [0.5, 0.6) is 0 Å². The molecular formula is C44H55ClN14O6S2. The number of anilines is 2. The summed E-state index contributed by atoms with van der Waals surface area (Å²) in [5.41, 5.74) is 3.24. The van der Waals surface area contributed by atoms with Gasteiger partial charge < -0.3 is 39.5 Å². The maximum absolute atomic E-state index is 13.5. The Hall–Kier alpha value is -5.65. The normalized spacial score (nSPS) is 20.3. The maximum Gasteiger partial charge on any atom is 0.219 e. The molecule has 4 fully saturated rings. The summed E-state index contributed by atoms with van der Waals surface area (Å²) in [5, 5.41) is 4.74. The van der Waals surface area contributed by atoms with Gasteiger partial charge in [-0.05, 0) is 49.7 Å². The smallest absolute Gasteiger partial charge is 0.219 e. The molecule has 1 amide bonds. The third-order valence-electron chi connectivity index (χ3n) is 11.6. The number of hydrogen-bond donors (Lipinski definition) is 3. The highest BCUT2D eigenvalue weighted by atomic mass is 35.5. The molecule has 0 unspecified atom stereocenters. The van der Waals surface area contributed by atoms with Crippen LogP contribution in [0, 0.1) is 0 Å². The molecule has 2 atom stereocenters. The van der Waals surface area contributed by atoms with Gasteiger partial charge in [0.2, 0.25) is 11.1 Å². The zero-order valence-corrected chi connectivity index (χ0v) is 40.3. The highest BCUT2D eigenvalue weighted by Gasteiger charge is 2.27. The van der Waals surface area contributed by atoms with Crippen molar-refractivity contribution >= 4 is 87.5 Å². The molecule has 6 aromatic rings. The zero-order chi connectivity index (χ0) is 47.1. The molecule has 20 nitrogen and oxygen atoms in total. The van der Waals surface area contributed by atoms with Crippen molar-refractivity contribution in [1.82, 2.24) is 50.1 Å². The van der Waals surface area contributed by atoms with Gasteiger partial charge in [0.05, 0.1) is 58.0 Å². The highest BCUT2D eigenvalue weighted by molar-refractivity contribution is 7.94. The van der Waals surface area contributed by atoms with Gasteiger partial charge >= 0.3 is 0 Å².